The highest BCUT2D eigenvalue weighted by atomic mass is 16.1. The third kappa shape index (κ3) is 4.85. The van der Waals surface area contributed by atoms with Gasteiger partial charge in [0.15, 0.2) is 0 Å². The Morgan fingerprint density at radius 1 is 1.12 bits per heavy atom. The molecule has 1 amide bonds. The molecule has 2 aromatic rings. The fraction of sp³-hybridized carbons (Fsp3) is 0.300. The predicted octanol–water partition coefficient (Wildman–Crippen LogP) is 4.30. The van der Waals surface area contributed by atoms with E-state index in [0.717, 1.165) is 5.69 Å². The first kappa shape index (κ1) is 17.6. The van der Waals surface area contributed by atoms with E-state index in [1.807, 2.05) is 18.2 Å². The quantitative estimate of drug-likeness (QED) is 0.863. The Morgan fingerprint density at radius 3 is 2.58 bits per heavy atom. The normalized spacial score (nSPS) is 10.8. The largest absolute Gasteiger partial charge is 0.384 e. The lowest BCUT2D eigenvalue weighted by atomic mass is 9.86. The molecule has 0 spiro atoms. The van der Waals surface area contributed by atoms with Crippen molar-refractivity contribution in [1.82, 2.24) is 0 Å². The molecule has 0 aromatic heterocycles. The van der Waals surface area contributed by atoms with E-state index in [1.54, 1.807) is 24.3 Å². The number of benzene rings is 2. The van der Waals surface area contributed by atoms with Gasteiger partial charge in [0.05, 0.1) is 11.6 Å². The van der Waals surface area contributed by atoms with Crippen molar-refractivity contribution in [3.63, 3.8) is 0 Å². The highest BCUT2D eigenvalue weighted by molar-refractivity contribution is 5.91. The van der Waals surface area contributed by atoms with Gasteiger partial charge in [-0.3, -0.25) is 4.79 Å². The minimum absolute atomic E-state index is 0.0452. The molecule has 0 saturated carbocycles. The summed E-state index contributed by atoms with van der Waals surface area (Å²) >= 11 is 0. The Morgan fingerprint density at radius 2 is 1.88 bits per heavy atom. The molecule has 0 unspecified atom stereocenters. The number of nitriles is 1. The summed E-state index contributed by atoms with van der Waals surface area (Å²) in [7, 11) is 0. The van der Waals surface area contributed by atoms with Crippen LogP contribution >= 0.6 is 0 Å². The molecule has 0 radical (unpaired) electrons. The van der Waals surface area contributed by atoms with Crippen LogP contribution in [0.5, 0.6) is 0 Å². The first-order valence-electron chi connectivity index (χ1n) is 8.03. The first-order chi connectivity index (χ1) is 11.4. The molecule has 0 aliphatic rings. The molecular formula is C20H23N3O. The summed E-state index contributed by atoms with van der Waals surface area (Å²) in [6.07, 6.45) is 0.356. The summed E-state index contributed by atoms with van der Waals surface area (Å²) in [5.41, 5.74) is 3.51. The molecule has 2 N–H and O–H groups in total. The van der Waals surface area contributed by atoms with E-state index in [0.29, 0.717) is 24.2 Å². The molecule has 0 saturated heterocycles. The average Bonchev–Trinajstić information content (AvgIpc) is 2.54. The maximum Gasteiger partial charge on any atom is 0.226 e. The first-order valence-corrected chi connectivity index (χ1v) is 8.03. The van der Waals surface area contributed by atoms with E-state index in [9.17, 15) is 4.79 Å². The van der Waals surface area contributed by atoms with Crippen molar-refractivity contribution >= 4 is 17.3 Å². The molecule has 24 heavy (non-hydrogen) atoms. The molecule has 0 atom stereocenters. The summed E-state index contributed by atoms with van der Waals surface area (Å²) in [4.78, 5) is 12.1. The molecule has 0 heterocycles. The van der Waals surface area contributed by atoms with Gasteiger partial charge in [-0.1, -0.05) is 45.0 Å². The number of carbonyl (C=O) groups excluding carboxylic acids is 1. The van der Waals surface area contributed by atoms with Gasteiger partial charge < -0.3 is 10.6 Å². The van der Waals surface area contributed by atoms with Crippen molar-refractivity contribution < 1.29 is 4.79 Å². The molecular weight excluding hydrogens is 298 g/mol. The van der Waals surface area contributed by atoms with Crippen molar-refractivity contribution in [3.05, 3.63) is 59.7 Å². The van der Waals surface area contributed by atoms with Gasteiger partial charge in [0.25, 0.3) is 0 Å². The molecule has 0 aliphatic heterocycles. The summed E-state index contributed by atoms with van der Waals surface area (Å²) in [6, 6.07) is 17.1. The summed E-state index contributed by atoms with van der Waals surface area (Å²) < 4.78 is 0. The van der Waals surface area contributed by atoms with Crippen LogP contribution in [-0.4, -0.2) is 12.5 Å². The van der Waals surface area contributed by atoms with Crippen molar-refractivity contribution in [2.75, 3.05) is 17.2 Å². The molecule has 2 rings (SSSR count). The van der Waals surface area contributed by atoms with Gasteiger partial charge in [-0.05, 0) is 35.2 Å². The van der Waals surface area contributed by atoms with Crippen LogP contribution < -0.4 is 10.6 Å². The van der Waals surface area contributed by atoms with Gasteiger partial charge in [-0.15, -0.1) is 0 Å². The zero-order chi connectivity index (χ0) is 17.6. The van der Waals surface area contributed by atoms with Gasteiger partial charge in [-0.2, -0.15) is 5.26 Å². The van der Waals surface area contributed by atoms with Crippen molar-refractivity contribution in [3.8, 4) is 6.07 Å². The van der Waals surface area contributed by atoms with E-state index in [1.165, 1.54) is 5.56 Å². The lowest BCUT2D eigenvalue weighted by molar-refractivity contribution is -0.115. The second-order valence-corrected chi connectivity index (χ2v) is 6.71. The van der Waals surface area contributed by atoms with Crippen LogP contribution in [-0.2, 0) is 10.2 Å². The number of amides is 1. The number of para-hydroxylation sites is 1. The van der Waals surface area contributed by atoms with Crippen LogP contribution in [0.25, 0.3) is 0 Å². The third-order valence-electron chi connectivity index (χ3n) is 3.68. The zero-order valence-electron chi connectivity index (χ0n) is 14.4. The van der Waals surface area contributed by atoms with Gasteiger partial charge in [0.1, 0.15) is 0 Å². The summed E-state index contributed by atoms with van der Waals surface area (Å²) in [6.45, 7) is 7.06. The minimum atomic E-state index is -0.0779. The van der Waals surface area contributed by atoms with Crippen LogP contribution in [0.3, 0.4) is 0 Å². The fourth-order valence-corrected chi connectivity index (χ4v) is 2.49. The molecule has 0 aliphatic carbocycles. The fourth-order valence-electron chi connectivity index (χ4n) is 2.49. The van der Waals surface area contributed by atoms with Crippen molar-refractivity contribution in [2.24, 2.45) is 0 Å². The summed E-state index contributed by atoms with van der Waals surface area (Å²) in [5.74, 6) is -0.0779. The Labute approximate surface area is 143 Å². The smallest absolute Gasteiger partial charge is 0.226 e. The second kappa shape index (κ2) is 7.65. The number of carbonyl (C=O) groups is 1. The lowest BCUT2D eigenvalue weighted by Crippen LogP contribution is -2.19. The second-order valence-electron chi connectivity index (χ2n) is 6.71. The predicted molar refractivity (Wildman–Crippen MR) is 98.0 cm³/mol. The maximum atomic E-state index is 12.1. The van der Waals surface area contributed by atoms with Crippen molar-refractivity contribution in [1.29, 1.82) is 5.26 Å². The number of nitrogens with zero attached hydrogens (tertiary/aromatic N) is 1. The number of hydrogen-bond acceptors (Lipinski definition) is 3. The van der Waals surface area contributed by atoms with E-state index < -0.39 is 0 Å². The zero-order valence-corrected chi connectivity index (χ0v) is 14.4. The molecule has 2 aromatic carbocycles. The Kier molecular flexibility index (Phi) is 5.59. The van der Waals surface area contributed by atoms with Crippen LogP contribution in [0.2, 0.25) is 0 Å². The highest BCUT2D eigenvalue weighted by Gasteiger charge is 2.17. The monoisotopic (exact) mass is 321 g/mol. The van der Waals surface area contributed by atoms with E-state index in [4.69, 9.17) is 5.26 Å². The SMILES string of the molecule is CC(C)(C)c1ccccc1NCCC(=O)Nc1cccc(C#N)c1. The molecule has 124 valence electrons. The number of hydrogen-bond donors (Lipinski definition) is 2. The van der Waals surface area contributed by atoms with E-state index >= 15 is 0 Å². The number of anilines is 2. The lowest BCUT2D eigenvalue weighted by Gasteiger charge is -2.23. The topological polar surface area (TPSA) is 64.9 Å². The van der Waals surface area contributed by atoms with Gasteiger partial charge >= 0.3 is 0 Å². The van der Waals surface area contributed by atoms with E-state index in [2.05, 4.69) is 43.5 Å². The Balaban J connectivity index is 1.91. The van der Waals surface area contributed by atoms with Gasteiger partial charge in [0.2, 0.25) is 5.91 Å². The average molecular weight is 321 g/mol. The van der Waals surface area contributed by atoms with E-state index in [-0.39, 0.29) is 11.3 Å². The minimum Gasteiger partial charge on any atom is -0.384 e. The highest BCUT2D eigenvalue weighted by Crippen LogP contribution is 2.29. The van der Waals surface area contributed by atoms with Crippen LogP contribution in [0, 0.1) is 11.3 Å². The Hall–Kier alpha value is -2.80. The molecule has 0 fully saturated rings. The molecule has 4 nitrogen and oxygen atoms in total. The van der Waals surface area contributed by atoms with Crippen LogP contribution in [0.15, 0.2) is 48.5 Å². The number of rotatable bonds is 5. The summed E-state index contributed by atoms with van der Waals surface area (Å²) in [5, 5.41) is 15.0. The molecule has 4 heteroatoms. The van der Waals surface area contributed by atoms with Crippen molar-refractivity contribution in [2.45, 2.75) is 32.6 Å². The maximum absolute atomic E-state index is 12.1. The number of nitrogens with one attached hydrogen (secondary N) is 2. The van der Waals surface area contributed by atoms with Gasteiger partial charge in [0, 0.05) is 24.3 Å². The Bertz CT molecular complexity index is 754. The van der Waals surface area contributed by atoms with Gasteiger partial charge in [-0.25, -0.2) is 0 Å². The third-order valence-corrected chi connectivity index (χ3v) is 3.68. The van der Waals surface area contributed by atoms with Crippen LogP contribution in [0.1, 0.15) is 38.3 Å². The standard InChI is InChI=1S/C20H23N3O/c1-20(2,3)17-9-4-5-10-18(17)22-12-11-19(24)23-16-8-6-7-15(13-16)14-21/h4-10,13,22H,11-12H2,1-3H3,(H,23,24). The molecule has 0 bridgehead atoms. The van der Waals surface area contributed by atoms with Crippen LogP contribution in [0.4, 0.5) is 11.4 Å².